The SMILES string of the molecule is COc1ccc2c(C(=O)Nc3ccc(F)c(C(F)(F)F)c3)ccnc2c1. The number of hydrogen-bond acceptors (Lipinski definition) is 3. The van der Waals surface area contributed by atoms with Crippen LogP contribution in [0.2, 0.25) is 0 Å². The number of methoxy groups -OCH3 is 1. The Morgan fingerprint density at radius 3 is 2.58 bits per heavy atom. The van der Waals surface area contributed by atoms with Gasteiger partial charge in [0.15, 0.2) is 0 Å². The van der Waals surface area contributed by atoms with Gasteiger partial charge in [-0.05, 0) is 36.4 Å². The number of carbonyl (C=O) groups is 1. The third-order valence-electron chi connectivity index (χ3n) is 3.72. The molecule has 0 aliphatic heterocycles. The Morgan fingerprint density at radius 1 is 1.12 bits per heavy atom. The van der Waals surface area contributed by atoms with E-state index in [4.69, 9.17) is 4.74 Å². The largest absolute Gasteiger partial charge is 0.497 e. The molecule has 26 heavy (non-hydrogen) atoms. The van der Waals surface area contributed by atoms with Crippen molar-refractivity contribution in [1.29, 1.82) is 0 Å². The fraction of sp³-hybridized carbons (Fsp3) is 0.111. The number of pyridine rings is 1. The van der Waals surface area contributed by atoms with Crippen LogP contribution in [0, 0.1) is 5.82 Å². The van der Waals surface area contributed by atoms with Crippen molar-refractivity contribution in [2.24, 2.45) is 0 Å². The van der Waals surface area contributed by atoms with Gasteiger partial charge < -0.3 is 10.1 Å². The number of nitrogens with one attached hydrogen (secondary N) is 1. The summed E-state index contributed by atoms with van der Waals surface area (Å²) < 4.78 is 56.8. The second-order valence-corrected chi connectivity index (χ2v) is 5.39. The predicted molar refractivity (Wildman–Crippen MR) is 87.7 cm³/mol. The van der Waals surface area contributed by atoms with Crippen molar-refractivity contribution < 1.29 is 27.1 Å². The number of hydrogen-bond donors (Lipinski definition) is 1. The van der Waals surface area contributed by atoms with Crippen molar-refractivity contribution in [1.82, 2.24) is 4.98 Å². The van der Waals surface area contributed by atoms with Crippen LogP contribution in [0.5, 0.6) is 5.75 Å². The first kappa shape index (κ1) is 17.7. The molecule has 1 N–H and O–H groups in total. The van der Waals surface area contributed by atoms with Crippen molar-refractivity contribution in [3.8, 4) is 5.75 Å². The first-order chi connectivity index (χ1) is 12.3. The number of nitrogens with zero attached hydrogens (tertiary/aromatic N) is 1. The Labute approximate surface area is 145 Å². The smallest absolute Gasteiger partial charge is 0.419 e. The van der Waals surface area contributed by atoms with Gasteiger partial charge >= 0.3 is 6.18 Å². The highest BCUT2D eigenvalue weighted by atomic mass is 19.4. The van der Waals surface area contributed by atoms with Gasteiger partial charge in [-0.3, -0.25) is 9.78 Å². The van der Waals surface area contributed by atoms with Crippen LogP contribution in [0.25, 0.3) is 10.9 Å². The van der Waals surface area contributed by atoms with Gasteiger partial charge in [0.2, 0.25) is 0 Å². The first-order valence-electron chi connectivity index (χ1n) is 7.40. The lowest BCUT2D eigenvalue weighted by atomic mass is 10.1. The third kappa shape index (κ3) is 3.44. The van der Waals surface area contributed by atoms with Crippen LogP contribution in [0.4, 0.5) is 23.2 Å². The molecule has 0 saturated carbocycles. The summed E-state index contributed by atoms with van der Waals surface area (Å²) >= 11 is 0. The summed E-state index contributed by atoms with van der Waals surface area (Å²) in [5, 5.41) is 2.86. The van der Waals surface area contributed by atoms with Gasteiger partial charge in [-0.15, -0.1) is 0 Å². The Kier molecular flexibility index (Phi) is 4.50. The van der Waals surface area contributed by atoms with E-state index >= 15 is 0 Å². The molecule has 0 saturated heterocycles. The topological polar surface area (TPSA) is 51.2 Å². The van der Waals surface area contributed by atoms with Crippen molar-refractivity contribution in [3.05, 3.63) is 65.6 Å². The number of alkyl halides is 3. The van der Waals surface area contributed by atoms with Crippen LogP contribution in [0.1, 0.15) is 15.9 Å². The minimum atomic E-state index is -4.86. The predicted octanol–water partition coefficient (Wildman–Crippen LogP) is 4.65. The molecular weight excluding hydrogens is 352 g/mol. The highest BCUT2D eigenvalue weighted by Gasteiger charge is 2.34. The van der Waals surface area contributed by atoms with Crippen molar-refractivity contribution in [3.63, 3.8) is 0 Å². The Hall–Kier alpha value is -3.16. The lowest BCUT2D eigenvalue weighted by Crippen LogP contribution is -2.14. The van der Waals surface area contributed by atoms with Gasteiger partial charge in [0, 0.05) is 23.3 Å². The summed E-state index contributed by atoms with van der Waals surface area (Å²) in [5.41, 5.74) is -0.899. The maximum absolute atomic E-state index is 13.4. The van der Waals surface area contributed by atoms with E-state index in [2.05, 4.69) is 10.3 Å². The van der Waals surface area contributed by atoms with E-state index in [1.54, 1.807) is 18.2 Å². The molecule has 0 spiro atoms. The van der Waals surface area contributed by atoms with Crippen LogP contribution in [-0.2, 0) is 6.18 Å². The molecule has 1 amide bonds. The third-order valence-corrected chi connectivity index (χ3v) is 3.72. The Balaban J connectivity index is 1.95. The van der Waals surface area contributed by atoms with Crippen LogP contribution in [-0.4, -0.2) is 18.0 Å². The summed E-state index contributed by atoms with van der Waals surface area (Å²) in [6.45, 7) is 0. The molecule has 0 aliphatic carbocycles. The highest BCUT2D eigenvalue weighted by molar-refractivity contribution is 6.12. The summed E-state index contributed by atoms with van der Waals surface area (Å²) in [5.74, 6) is -1.49. The minimum Gasteiger partial charge on any atom is -0.497 e. The van der Waals surface area contributed by atoms with E-state index in [1.165, 1.54) is 19.4 Å². The van der Waals surface area contributed by atoms with Crippen LogP contribution in [0.3, 0.4) is 0 Å². The normalized spacial score (nSPS) is 11.4. The number of ether oxygens (including phenoxy) is 1. The van der Waals surface area contributed by atoms with Gasteiger partial charge in [0.05, 0.1) is 23.8 Å². The molecule has 0 atom stereocenters. The van der Waals surface area contributed by atoms with Crippen LogP contribution < -0.4 is 10.1 Å². The fourth-order valence-corrected chi connectivity index (χ4v) is 2.47. The molecule has 0 bridgehead atoms. The van der Waals surface area contributed by atoms with E-state index < -0.39 is 23.5 Å². The number of halogens is 4. The van der Waals surface area contributed by atoms with Crippen LogP contribution in [0.15, 0.2) is 48.7 Å². The number of anilines is 1. The van der Waals surface area contributed by atoms with Crippen molar-refractivity contribution in [2.75, 3.05) is 12.4 Å². The average Bonchev–Trinajstić information content (AvgIpc) is 2.61. The molecule has 1 heterocycles. The second-order valence-electron chi connectivity index (χ2n) is 5.39. The quantitative estimate of drug-likeness (QED) is 0.688. The summed E-state index contributed by atoms with van der Waals surface area (Å²) in [7, 11) is 1.49. The maximum Gasteiger partial charge on any atom is 0.419 e. The zero-order valence-corrected chi connectivity index (χ0v) is 13.4. The summed E-state index contributed by atoms with van der Waals surface area (Å²) in [6.07, 6.45) is -3.45. The lowest BCUT2D eigenvalue weighted by Gasteiger charge is -2.12. The molecule has 3 rings (SSSR count). The molecule has 4 nitrogen and oxygen atoms in total. The Morgan fingerprint density at radius 2 is 1.88 bits per heavy atom. The van der Waals surface area contributed by atoms with Gasteiger partial charge in [-0.1, -0.05) is 0 Å². The number of rotatable bonds is 3. The second kappa shape index (κ2) is 6.62. The molecule has 0 radical (unpaired) electrons. The Bertz CT molecular complexity index is 987. The zero-order valence-electron chi connectivity index (χ0n) is 13.4. The molecular formula is C18H12F4N2O2. The molecule has 1 aromatic heterocycles. The van der Waals surface area contributed by atoms with E-state index in [1.807, 2.05) is 0 Å². The van der Waals surface area contributed by atoms with Gasteiger partial charge in [0.1, 0.15) is 11.6 Å². The fourth-order valence-electron chi connectivity index (χ4n) is 2.47. The van der Waals surface area contributed by atoms with E-state index in [-0.39, 0.29) is 11.3 Å². The number of aromatic nitrogens is 1. The molecule has 0 fully saturated rings. The molecule has 2 aromatic carbocycles. The monoisotopic (exact) mass is 364 g/mol. The van der Waals surface area contributed by atoms with Crippen LogP contribution >= 0.6 is 0 Å². The van der Waals surface area contributed by atoms with E-state index in [9.17, 15) is 22.4 Å². The first-order valence-corrected chi connectivity index (χ1v) is 7.40. The standard InChI is InChI=1S/C18H12F4N2O2/c1-26-11-3-4-12-13(6-7-23-16(12)9-11)17(25)24-10-2-5-15(19)14(8-10)18(20,21)22/h2-9H,1H3,(H,24,25). The number of amides is 1. The molecule has 134 valence electrons. The summed E-state index contributed by atoms with van der Waals surface area (Å²) in [6, 6.07) is 8.62. The van der Waals surface area contributed by atoms with E-state index in [0.29, 0.717) is 28.8 Å². The highest BCUT2D eigenvalue weighted by Crippen LogP contribution is 2.33. The van der Waals surface area contributed by atoms with Gasteiger partial charge in [-0.25, -0.2) is 4.39 Å². The maximum atomic E-state index is 13.4. The lowest BCUT2D eigenvalue weighted by molar-refractivity contribution is -0.139. The molecule has 0 unspecified atom stereocenters. The van der Waals surface area contributed by atoms with Gasteiger partial charge in [-0.2, -0.15) is 13.2 Å². The minimum absolute atomic E-state index is 0.165. The number of fused-ring (bicyclic) bond motifs is 1. The van der Waals surface area contributed by atoms with Crippen molar-refractivity contribution in [2.45, 2.75) is 6.18 Å². The molecule has 0 aliphatic rings. The van der Waals surface area contributed by atoms with E-state index in [0.717, 1.165) is 6.07 Å². The molecule has 8 heteroatoms. The molecule has 3 aromatic rings. The number of benzene rings is 2. The van der Waals surface area contributed by atoms with Crippen molar-refractivity contribution >= 4 is 22.5 Å². The number of carbonyl (C=O) groups excluding carboxylic acids is 1. The average molecular weight is 364 g/mol. The zero-order chi connectivity index (χ0) is 18.9. The summed E-state index contributed by atoms with van der Waals surface area (Å²) in [4.78, 5) is 16.6. The van der Waals surface area contributed by atoms with Gasteiger partial charge in [0.25, 0.3) is 5.91 Å².